The summed E-state index contributed by atoms with van der Waals surface area (Å²) in [5.74, 6) is -0.191. The zero-order valence-corrected chi connectivity index (χ0v) is 15.5. The zero-order valence-electron chi connectivity index (χ0n) is 15.5. The van der Waals surface area contributed by atoms with Gasteiger partial charge in [0.1, 0.15) is 12.0 Å². The quantitative estimate of drug-likeness (QED) is 0.559. The first-order valence-corrected chi connectivity index (χ1v) is 8.83. The maximum Gasteiger partial charge on any atom is 0.338 e. The van der Waals surface area contributed by atoms with E-state index in [-0.39, 0.29) is 18.1 Å². The van der Waals surface area contributed by atoms with Gasteiger partial charge in [0.05, 0.1) is 17.9 Å². The van der Waals surface area contributed by atoms with Crippen LogP contribution in [0.3, 0.4) is 0 Å². The van der Waals surface area contributed by atoms with Crippen molar-refractivity contribution in [2.75, 3.05) is 17.2 Å². The number of anilines is 2. The van der Waals surface area contributed by atoms with Crippen molar-refractivity contribution in [2.45, 2.75) is 26.7 Å². The summed E-state index contributed by atoms with van der Waals surface area (Å²) in [5.41, 5.74) is 0.943. The van der Waals surface area contributed by atoms with Gasteiger partial charge in [-0.05, 0) is 37.6 Å². The molecule has 0 unspecified atom stereocenters. The number of carbonyl (C=O) groups excluding carboxylic acids is 2. The zero-order chi connectivity index (χ0) is 20.1. The van der Waals surface area contributed by atoms with Gasteiger partial charge in [0.15, 0.2) is 0 Å². The number of urea groups is 1. The summed E-state index contributed by atoms with van der Waals surface area (Å²) < 4.78 is 6.07. The Bertz CT molecular complexity index is 1050. The van der Waals surface area contributed by atoms with Crippen molar-refractivity contribution in [1.82, 2.24) is 19.6 Å². The normalized spacial score (nSPS) is 10.6. The maximum atomic E-state index is 12.6. The number of carbonyl (C=O) groups is 2. The number of rotatable bonds is 6. The monoisotopic (exact) mass is 384 g/mol. The highest BCUT2D eigenvalue weighted by Gasteiger charge is 2.16. The molecule has 28 heavy (non-hydrogen) atoms. The minimum absolute atomic E-state index is 0.0873. The van der Waals surface area contributed by atoms with Gasteiger partial charge in [-0.3, -0.25) is 9.89 Å². The van der Waals surface area contributed by atoms with Gasteiger partial charge in [-0.2, -0.15) is 4.52 Å². The van der Waals surface area contributed by atoms with Crippen molar-refractivity contribution in [2.24, 2.45) is 0 Å². The van der Waals surface area contributed by atoms with Gasteiger partial charge >= 0.3 is 12.0 Å². The van der Waals surface area contributed by atoms with E-state index >= 15 is 0 Å². The third-order valence-corrected chi connectivity index (χ3v) is 3.89. The fourth-order valence-electron chi connectivity index (χ4n) is 2.62. The molecule has 0 atom stereocenters. The molecule has 0 aliphatic heterocycles. The molecule has 3 rings (SSSR count). The molecule has 10 nitrogen and oxygen atoms in total. The van der Waals surface area contributed by atoms with Crippen LogP contribution in [0, 0.1) is 0 Å². The van der Waals surface area contributed by atoms with Crippen LogP contribution in [0.1, 0.15) is 36.3 Å². The number of H-pyrrole nitrogens is 1. The fourth-order valence-corrected chi connectivity index (χ4v) is 2.62. The molecule has 0 radical (unpaired) electrons. The van der Waals surface area contributed by atoms with E-state index in [4.69, 9.17) is 4.74 Å². The molecule has 0 bridgehead atoms. The highest BCUT2D eigenvalue weighted by atomic mass is 16.5. The Hall–Kier alpha value is -3.69. The molecule has 146 valence electrons. The molecule has 10 heteroatoms. The molecule has 0 saturated heterocycles. The van der Waals surface area contributed by atoms with Gasteiger partial charge in [0, 0.05) is 5.69 Å². The molecular formula is C18H20N6O4. The van der Waals surface area contributed by atoms with Crippen molar-refractivity contribution in [3.8, 4) is 0 Å². The number of amides is 2. The maximum absolute atomic E-state index is 12.6. The van der Waals surface area contributed by atoms with Crippen molar-refractivity contribution in [1.29, 1.82) is 0 Å². The smallest absolute Gasteiger partial charge is 0.338 e. The molecule has 2 amide bonds. The number of nitrogens with zero attached hydrogens (tertiary/aromatic N) is 3. The van der Waals surface area contributed by atoms with Crippen LogP contribution in [0.5, 0.6) is 0 Å². The lowest BCUT2D eigenvalue weighted by atomic mass is 10.2. The second kappa shape index (κ2) is 8.33. The van der Waals surface area contributed by atoms with Gasteiger partial charge in [0.2, 0.25) is 0 Å². The van der Waals surface area contributed by atoms with Crippen LogP contribution in [0.4, 0.5) is 16.2 Å². The molecule has 0 aliphatic rings. The van der Waals surface area contributed by atoms with Gasteiger partial charge < -0.3 is 15.4 Å². The van der Waals surface area contributed by atoms with E-state index in [9.17, 15) is 14.4 Å². The topological polar surface area (TPSA) is 130 Å². The van der Waals surface area contributed by atoms with E-state index in [0.717, 1.165) is 10.9 Å². The molecule has 1 aromatic carbocycles. The van der Waals surface area contributed by atoms with Gasteiger partial charge in [-0.1, -0.05) is 13.3 Å². The highest BCUT2D eigenvalue weighted by molar-refractivity contribution is 6.00. The summed E-state index contributed by atoms with van der Waals surface area (Å²) in [5, 5.41) is 7.85. The largest absolute Gasteiger partial charge is 0.462 e. The summed E-state index contributed by atoms with van der Waals surface area (Å²) in [6.07, 6.45) is 2.62. The Balaban J connectivity index is 1.77. The fraction of sp³-hybridized carbons (Fsp3) is 0.278. The Kier molecular flexibility index (Phi) is 5.68. The van der Waals surface area contributed by atoms with Crippen molar-refractivity contribution in [3.05, 3.63) is 52.2 Å². The molecule has 0 aliphatic carbocycles. The molecule has 0 saturated carbocycles. The molecule has 3 N–H and O–H groups in total. The summed E-state index contributed by atoms with van der Waals surface area (Å²) in [6.45, 7) is 3.96. The van der Waals surface area contributed by atoms with Crippen LogP contribution in [-0.4, -0.2) is 38.2 Å². The third-order valence-electron chi connectivity index (χ3n) is 3.89. The SMILES string of the molecule is CCCc1nc2nc[nH]n2c(=O)c1NC(=O)Nc1ccc(C(=O)OCC)cc1. The Morgan fingerprint density at radius 3 is 2.61 bits per heavy atom. The first kappa shape index (κ1) is 19.1. The molecular weight excluding hydrogens is 364 g/mol. The van der Waals surface area contributed by atoms with Crippen LogP contribution in [-0.2, 0) is 11.2 Å². The van der Waals surface area contributed by atoms with Crippen LogP contribution in [0.25, 0.3) is 5.78 Å². The summed E-state index contributed by atoms with van der Waals surface area (Å²) in [4.78, 5) is 44.9. The van der Waals surface area contributed by atoms with E-state index in [1.807, 2.05) is 6.92 Å². The molecule has 2 aromatic heterocycles. The van der Waals surface area contributed by atoms with Crippen molar-refractivity contribution in [3.63, 3.8) is 0 Å². The average molecular weight is 384 g/mol. The highest BCUT2D eigenvalue weighted by Crippen LogP contribution is 2.14. The first-order valence-electron chi connectivity index (χ1n) is 8.83. The van der Waals surface area contributed by atoms with Crippen molar-refractivity contribution < 1.29 is 14.3 Å². The third kappa shape index (κ3) is 4.00. The van der Waals surface area contributed by atoms with Crippen LogP contribution < -0.4 is 16.2 Å². The lowest BCUT2D eigenvalue weighted by Gasteiger charge is -2.11. The number of nitrogens with one attached hydrogen (secondary N) is 3. The number of esters is 1. The minimum Gasteiger partial charge on any atom is -0.462 e. The van der Waals surface area contributed by atoms with Gasteiger partial charge in [-0.15, -0.1) is 0 Å². The second-order valence-electron chi connectivity index (χ2n) is 5.89. The number of fused-ring (bicyclic) bond motifs is 1. The summed E-state index contributed by atoms with van der Waals surface area (Å²) >= 11 is 0. The Morgan fingerprint density at radius 1 is 1.18 bits per heavy atom. The Labute approximate surface area is 159 Å². The van der Waals surface area contributed by atoms with Gasteiger partial charge in [-0.25, -0.2) is 19.6 Å². The van der Waals surface area contributed by atoms with E-state index < -0.39 is 17.6 Å². The first-order chi connectivity index (χ1) is 13.5. The predicted octanol–water partition coefficient (Wildman–Crippen LogP) is 2.19. The lowest BCUT2D eigenvalue weighted by Crippen LogP contribution is -2.28. The minimum atomic E-state index is -0.598. The standard InChI is InChI=1S/C18H20N6O4/c1-3-5-13-14(15(25)24-17(22-13)19-10-20-24)23-18(27)21-12-8-6-11(7-9-12)16(26)28-4-2/h6-10H,3-5H2,1-2H3,(H,19,20,22)(H2,21,23,27). The Morgan fingerprint density at radius 2 is 1.93 bits per heavy atom. The van der Waals surface area contributed by atoms with E-state index in [0.29, 0.717) is 23.4 Å². The molecule has 0 spiro atoms. The van der Waals surface area contributed by atoms with E-state index in [1.54, 1.807) is 31.2 Å². The molecule has 3 aromatic rings. The predicted molar refractivity (Wildman–Crippen MR) is 103 cm³/mol. The average Bonchev–Trinajstić information content (AvgIpc) is 3.14. The number of aryl methyl sites for hydroxylation is 1. The number of aromatic amines is 1. The second-order valence-corrected chi connectivity index (χ2v) is 5.89. The summed E-state index contributed by atoms with van der Waals surface area (Å²) in [6, 6.07) is 5.63. The number of hydrogen-bond acceptors (Lipinski definition) is 6. The number of ether oxygens (including phenoxy) is 1. The van der Waals surface area contributed by atoms with Crippen LogP contribution in [0.2, 0.25) is 0 Å². The summed E-state index contributed by atoms with van der Waals surface area (Å²) in [7, 11) is 0. The molecule has 2 heterocycles. The molecule has 0 fully saturated rings. The van der Waals surface area contributed by atoms with E-state index in [1.165, 1.54) is 6.33 Å². The van der Waals surface area contributed by atoms with Gasteiger partial charge in [0.25, 0.3) is 11.3 Å². The number of hydrogen-bond donors (Lipinski definition) is 3. The van der Waals surface area contributed by atoms with Crippen LogP contribution >= 0.6 is 0 Å². The van der Waals surface area contributed by atoms with Crippen molar-refractivity contribution >= 4 is 29.2 Å². The van der Waals surface area contributed by atoms with Crippen LogP contribution in [0.15, 0.2) is 35.4 Å². The number of benzene rings is 1. The number of aromatic nitrogens is 4. The van der Waals surface area contributed by atoms with E-state index in [2.05, 4.69) is 25.7 Å². The lowest BCUT2D eigenvalue weighted by molar-refractivity contribution is 0.0526.